The van der Waals surface area contributed by atoms with Gasteiger partial charge in [0.25, 0.3) is 5.91 Å². The van der Waals surface area contributed by atoms with Gasteiger partial charge in [-0.2, -0.15) is 13.2 Å². The molecule has 0 unspecified atom stereocenters. The molecular weight excluding hydrogens is 439 g/mol. The molecule has 0 spiro atoms. The Hall–Kier alpha value is -2.03. The number of amides is 1. The van der Waals surface area contributed by atoms with E-state index in [4.69, 9.17) is 8.37 Å². The molecule has 32 heavy (non-hydrogen) atoms. The van der Waals surface area contributed by atoms with E-state index >= 15 is 0 Å². The summed E-state index contributed by atoms with van der Waals surface area (Å²) in [4.78, 5) is 13.6. The first-order valence-electron chi connectivity index (χ1n) is 10.3. The van der Waals surface area contributed by atoms with Crippen molar-refractivity contribution in [3.05, 3.63) is 53.6 Å². The zero-order valence-corrected chi connectivity index (χ0v) is 20.1. The fourth-order valence-corrected chi connectivity index (χ4v) is 4.78. The van der Waals surface area contributed by atoms with E-state index in [1.165, 1.54) is 12.1 Å². The third kappa shape index (κ3) is 5.30. The molecule has 1 aliphatic rings. The summed E-state index contributed by atoms with van der Waals surface area (Å²) in [6, 6.07) is 10.1. The number of alkyl halides is 3. The third-order valence-electron chi connectivity index (χ3n) is 5.41. The van der Waals surface area contributed by atoms with Gasteiger partial charge < -0.3 is 5.32 Å². The van der Waals surface area contributed by atoms with Gasteiger partial charge in [-0.15, -0.1) is 8.37 Å². The van der Waals surface area contributed by atoms with Crippen LogP contribution in [0.2, 0.25) is 0 Å². The topological polar surface area (TPSA) is 47.6 Å². The van der Waals surface area contributed by atoms with Crippen molar-refractivity contribution in [2.45, 2.75) is 76.3 Å². The van der Waals surface area contributed by atoms with Crippen LogP contribution >= 0.6 is 0 Å². The molecule has 3 rings (SSSR count). The summed E-state index contributed by atoms with van der Waals surface area (Å²) in [5, 5.41) is 2.93. The van der Waals surface area contributed by atoms with Gasteiger partial charge in [-0.3, -0.25) is 4.79 Å². The highest BCUT2D eigenvalue weighted by atomic mass is 32.2. The van der Waals surface area contributed by atoms with E-state index < -0.39 is 39.9 Å². The van der Waals surface area contributed by atoms with Gasteiger partial charge >= 0.3 is 17.6 Å². The molecule has 1 fully saturated rings. The first-order valence-corrected chi connectivity index (χ1v) is 11.3. The molecule has 0 bridgehead atoms. The Kier molecular flexibility index (Phi) is 6.21. The minimum Gasteiger partial charge on any atom is -0.347 e. The largest absolute Gasteiger partial charge is 0.416 e. The van der Waals surface area contributed by atoms with Gasteiger partial charge in [0.15, 0.2) is 11.2 Å². The molecule has 2 aromatic carbocycles. The molecule has 8 heteroatoms. The number of halogens is 3. The van der Waals surface area contributed by atoms with Crippen LogP contribution in [0.1, 0.15) is 64.4 Å². The number of carbonyl (C=O) groups is 1. The maximum atomic E-state index is 13.0. The molecule has 1 amide bonds. The van der Waals surface area contributed by atoms with E-state index in [9.17, 15) is 18.0 Å². The average Bonchev–Trinajstić information content (AvgIpc) is 2.87. The molecule has 1 saturated heterocycles. The molecule has 0 aliphatic carbocycles. The fraction of sp³-hybridized carbons (Fsp3) is 0.458. The van der Waals surface area contributed by atoms with Crippen LogP contribution in [0.4, 0.5) is 13.2 Å². The summed E-state index contributed by atoms with van der Waals surface area (Å²) >= 11 is -1.04. The summed E-state index contributed by atoms with van der Waals surface area (Å²) in [6.07, 6.45) is -4.41. The highest BCUT2D eigenvalue weighted by molar-refractivity contribution is 7.88. The van der Waals surface area contributed by atoms with Gasteiger partial charge in [-0.25, -0.2) is 0 Å². The van der Waals surface area contributed by atoms with Crippen LogP contribution in [0.5, 0.6) is 0 Å². The van der Waals surface area contributed by atoms with Crippen LogP contribution in [0.3, 0.4) is 0 Å². The van der Waals surface area contributed by atoms with Crippen LogP contribution in [0.15, 0.2) is 47.4 Å². The Balaban J connectivity index is 2.06. The molecule has 1 N–H and O–H groups in total. The van der Waals surface area contributed by atoms with Gasteiger partial charge in [0.1, 0.15) is 0 Å². The Morgan fingerprint density at radius 1 is 0.875 bits per heavy atom. The fourth-order valence-electron chi connectivity index (χ4n) is 2.95. The second kappa shape index (κ2) is 8.08. The van der Waals surface area contributed by atoms with Crippen molar-refractivity contribution in [2.24, 2.45) is 0 Å². The minimum absolute atomic E-state index is 0.283. The molecule has 0 radical (unpaired) electrons. The number of nitrogens with one attached hydrogen (secondary N) is 1. The minimum atomic E-state index is -4.41. The van der Waals surface area contributed by atoms with Gasteiger partial charge in [-0.1, -0.05) is 12.1 Å². The van der Waals surface area contributed by atoms with Crippen LogP contribution in [0.25, 0.3) is 11.1 Å². The number of hydrogen-bond acceptors (Lipinski definition) is 3. The van der Waals surface area contributed by atoms with Gasteiger partial charge in [0.05, 0.1) is 5.56 Å². The molecule has 0 aromatic heterocycles. The highest BCUT2D eigenvalue weighted by Crippen LogP contribution is 2.44. The predicted molar refractivity (Wildman–Crippen MR) is 120 cm³/mol. The Bertz CT molecular complexity index is 993. The zero-order chi connectivity index (χ0) is 24.1. The lowest BCUT2D eigenvalue weighted by molar-refractivity contribution is -0.137. The molecule has 174 valence electrons. The predicted octanol–water partition coefficient (Wildman–Crippen LogP) is 6.31. The number of carbonyl (C=O) groups excluding carboxylic acids is 1. The monoisotopic (exact) mass is 468 g/mol. The highest BCUT2D eigenvalue weighted by Gasteiger charge is 2.60. The van der Waals surface area contributed by atoms with Crippen molar-refractivity contribution < 1.29 is 26.3 Å². The smallest absolute Gasteiger partial charge is 0.347 e. The Morgan fingerprint density at radius 3 is 1.88 bits per heavy atom. The maximum Gasteiger partial charge on any atom is 0.416 e. The van der Waals surface area contributed by atoms with E-state index in [0.717, 1.165) is 12.1 Å². The molecule has 0 saturated carbocycles. The van der Waals surface area contributed by atoms with Crippen molar-refractivity contribution in [1.82, 2.24) is 5.32 Å². The first kappa shape index (κ1) is 24.6. The van der Waals surface area contributed by atoms with Crippen LogP contribution in [-0.4, -0.2) is 22.6 Å². The molecular formula is C24H29F3NO3S+. The second-order valence-electron chi connectivity index (χ2n) is 9.95. The summed E-state index contributed by atoms with van der Waals surface area (Å²) in [6.45, 7) is 13.4. The lowest BCUT2D eigenvalue weighted by Gasteiger charge is -2.23. The Labute approximate surface area is 190 Å². The van der Waals surface area contributed by atoms with Crippen molar-refractivity contribution in [3.63, 3.8) is 0 Å². The molecule has 2 aromatic rings. The van der Waals surface area contributed by atoms with E-state index in [2.05, 4.69) is 5.32 Å². The molecule has 4 nitrogen and oxygen atoms in total. The quantitative estimate of drug-likeness (QED) is 0.537. The summed E-state index contributed by atoms with van der Waals surface area (Å²) < 4.78 is 51.3. The van der Waals surface area contributed by atoms with Crippen LogP contribution in [0, 0.1) is 0 Å². The summed E-state index contributed by atoms with van der Waals surface area (Å²) in [7, 11) is 0. The van der Waals surface area contributed by atoms with Crippen molar-refractivity contribution in [1.29, 1.82) is 0 Å². The number of rotatable bonds is 3. The first-order chi connectivity index (χ1) is 14.5. The summed E-state index contributed by atoms with van der Waals surface area (Å²) in [5.74, 6) is -0.283. The number of hydrogen-bond donors (Lipinski definition) is 1. The van der Waals surface area contributed by atoms with Crippen molar-refractivity contribution in [3.8, 4) is 11.1 Å². The standard InChI is InChI=1S/C24H28F3NO3S/c1-21(2,3)28-20(29)17-12-16(15-8-10-18(11-9-15)24(25,26)27)13-19(14-17)32-30-22(4,5)23(6,7)31-32/h8-14H,1-7H3/p+1. The molecule has 1 aliphatic heterocycles. The van der Waals surface area contributed by atoms with Gasteiger partial charge in [0.2, 0.25) is 4.90 Å². The summed E-state index contributed by atoms with van der Waals surface area (Å²) in [5.41, 5.74) is -0.745. The SMILES string of the molecule is CC(C)(C)NC(=O)c1cc(-c2ccc(C(F)(F)F)cc2)cc([S+]2OC(C)(C)C(C)(C)O2)c1. The van der Waals surface area contributed by atoms with Gasteiger partial charge in [-0.05, 0) is 77.8 Å². The van der Waals surface area contributed by atoms with Crippen molar-refractivity contribution >= 4 is 17.4 Å². The van der Waals surface area contributed by atoms with Gasteiger partial charge in [0, 0.05) is 23.2 Å². The van der Waals surface area contributed by atoms with Crippen molar-refractivity contribution in [2.75, 3.05) is 0 Å². The zero-order valence-electron chi connectivity index (χ0n) is 19.3. The lowest BCUT2D eigenvalue weighted by atomic mass is 9.90. The average molecular weight is 469 g/mol. The third-order valence-corrected chi connectivity index (χ3v) is 7.17. The maximum absolute atomic E-state index is 13.0. The van der Waals surface area contributed by atoms with E-state index in [1.807, 2.05) is 48.5 Å². The normalized spacial score (nSPS) is 18.6. The van der Waals surface area contributed by atoms with Crippen LogP contribution in [-0.2, 0) is 26.0 Å². The van der Waals surface area contributed by atoms with Crippen LogP contribution < -0.4 is 5.32 Å². The van der Waals surface area contributed by atoms with E-state index in [1.54, 1.807) is 18.2 Å². The molecule has 1 heterocycles. The van der Waals surface area contributed by atoms with E-state index in [-0.39, 0.29) is 5.91 Å². The number of benzene rings is 2. The second-order valence-corrected chi connectivity index (χ2v) is 11.2. The Morgan fingerprint density at radius 2 is 1.41 bits per heavy atom. The lowest BCUT2D eigenvalue weighted by Crippen LogP contribution is -2.41. The van der Waals surface area contributed by atoms with E-state index in [0.29, 0.717) is 21.6 Å². The molecule has 0 atom stereocenters.